The Balaban J connectivity index is 2.32. The van der Waals surface area contributed by atoms with E-state index in [1.807, 2.05) is 0 Å². The van der Waals surface area contributed by atoms with Gasteiger partial charge in [-0.15, -0.1) is 0 Å². The summed E-state index contributed by atoms with van der Waals surface area (Å²) in [4.78, 5) is 0. The summed E-state index contributed by atoms with van der Waals surface area (Å²) in [5.74, 6) is 0.712. The van der Waals surface area contributed by atoms with E-state index in [0.29, 0.717) is 5.92 Å². The molecular formula is C15H23N. The molecule has 0 radical (unpaired) electrons. The highest BCUT2D eigenvalue weighted by Crippen LogP contribution is 2.33. The molecule has 0 bridgehead atoms. The number of rotatable bonds is 1. The van der Waals surface area contributed by atoms with Crippen LogP contribution in [0, 0.1) is 0 Å². The average Bonchev–Trinajstić information content (AvgIpc) is 2.29. The van der Waals surface area contributed by atoms with Crippen molar-refractivity contribution >= 4 is 0 Å². The van der Waals surface area contributed by atoms with Crippen molar-refractivity contribution in [3.8, 4) is 0 Å². The predicted molar refractivity (Wildman–Crippen MR) is 70.0 cm³/mol. The van der Waals surface area contributed by atoms with Crippen LogP contribution < -0.4 is 5.32 Å². The van der Waals surface area contributed by atoms with Crippen molar-refractivity contribution in [2.45, 2.75) is 44.9 Å². The Hall–Kier alpha value is -0.820. The number of hydrogen-bond donors (Lipinski definition) is 1. The summed E-state index contributed by atoms with van der Waals surface area (Å²) < 4.78 is 0. The molecule has 88 valence electrons. The topological polar surface area (TPSA) is 12.0 Å². The van der Waals surface area contributed by atoms with Crippen LogP contribution >= 0.6 is 0 Å². The maximum atomic E-state index is 3.51. The molecule has 0 spiro atoms. The van der Waals surface area contributed by atoms with E-state index in [0.717, 1.165) is 6.54 Å². The van der Waals surface area contributed by atoms with Gasteiger partial charge in [0.2, 0.25) is 0 Å². The van der Waals surface area contributed by atoms with E-state index in [2.05, 4.69) is 50.4 Å². The van der Waals surface area contributed by atoms with Crippen molar-refractivity contribution < 1.29 is 0 Å². The van der Waals surface area contributed by atoms with Gasteiger partial charge in [0, 0.05) is 6.54 Å². The Labute approximate surface area is 99.3 Å². The second-order valence-electron chi connectivity index (χ2n) is 5.88. The van der Waals surface area contributed by atoms with Gasteiger partial charge in [-0.05, 0) is 41.8 Å². The third kappa shape index (κ3) is 2.46. The monoisotopic (exact) mass is 217 g/mol. The summed E-state index contributed by atoms with van der Waals surface area (Å²) in [7, 11) is 0. The molecule has 0 aliphatic carbocycles. The summed E-state index contributed by atoms with van der Waals surface area (Å²) in [5.41, 5.74) is 3.33. The molecule has 0 amide bonds. The van der Waals surface area contributed by atoms with Crippen LogP contribution in [0.25, 0.3) is 0 Å². The van der Waals surface area contributed by atoms with Crippen molar-refractivity contribution in [1.82, 2.24) is 5.32 Å². The van der Waals surface area contributed by atoms with Crippen LogP contribution in [0.15, 0.2) is 24.3 Å². The molecule has 1 aromatic rings. The molecule has 1 N–H and O–H groups in total. The number of benzene rings is 1. The molecule has 1 nitrogen and oxygen atoms in total. The Morgan fingerprint density at radius 2 is 1.94 bits per heavy atom. The Morgan fingerprint density at radius 1 is 1.19 bits per heavy atom. The number of hydrogen-bond acceptors (Lipinski definition) is 1. The van der Waals surface area contributed by atoms with Gasteiger partial charge in [-0.3, -0.25) is 0 Å². The Kier molecular flexibility index (Phi) is 3.34. The first-order chi connectivity index (χ1) is 7.59. The molecule has 1 heteroatoms. The third-order valence-corrected chi connectivity index (χ3v) is 3.51. The van der Waals surface area contributed by atoms with Crippen LogP contribution in [-0.4, -0.2) is 13.1 Å². The zero-order valence-electron chi connectivity index (χ0n) is 10.7. The fourth-order valence-corrected chi connectivity index (χ4v) is 2.65. The van der Waals surface area contributed by atoms with Crippen molar-refractivity contribution in [2.24, 2.45) is 0 Å². The first-order valence-corrected chi connectivity index (χ1v) is 6.39. The van der Waals surface area contributed by atoms with Crippen LogP contribution in [0.4, 0.5) is 0 Å². The molecule has 0 unspecified atom stereocenters. The van der Waals surface area contributed by atoms with Gasteiger partial charge in [0.15, 0.2) is 0 Å². The van der Waals surface area contributed by atoms with E-state index >= 15 is 0 Å². The first-order valence-electron chi connectivity index (χ1n) is 6.39. The molecular weight excluding hydrogens is 194 g/mol. The summed E-state index contributed by atoms with van der Waals surface area (Å²) in [6.45, 7) is 9.26. The van der Waals surface area contributed by atoms with Gasteiger partial charge in [0.25, 0.3) is 0 Å². The van der Waals surface area contributed by atoms with E-state index in [-0.39, 0.29) is 5.41 Å². The van der Waals surface area contributed by atoms with Crippen molar-refractivity contribution in [3.05, 3.63) is 35.4 Å². The van der Waals surface area contributed by atoms with Gasteiger partial charge >= 0.3 is 0 Å². The van der Waals surface area contributed by atoms with Gasteiger partial charge in [-0.2, -0.15) is 0 Å². The average molecular weight is 217 g/mol. The van der Waals surface area contributed by atoms with E-state index in [4.69, 9.17) is 0 Å². The van der Waals surface area contributed by atoms with Gasteiger partial charge in [-0.1, -0.05) is 45.0 Å². The molecule has 1 aromatic carbocycles. The second kappa shape index (κ2) is 4.58. The molecule has 1 saturated heterocycles. The highest BCUT2D eigenvalue weighted by Gasteiger charge is 2.23. The van der Waals surface area contributed by atoms with Crippen LogP contribution in [-0.2, 0) is 5.41 Å². The first kappa shape index (κ1) is 11.7. The molecule has 1 fully saturated rings. The molecule has 0 saturated carbocycles. The Morgan fingerprint density at radius 3 is 2.56 bits per heavy atom. The lowest BCUT2D eigenvalue weighted by Gasteiger charge is -2.30. The Bertz CT molecular complexity index is 343. The number of nitrogens with one attached hydrogen (secondary N) is 1. The quantitative estimate of drug-likeness (QED) is 0.759. The summed E-state index contributed by atoms with van der Waals surface area (Å²) in [6.07, 6.45) is 2.64. The van der Waals surface area contributed by atoms with Gasteiger partial charge in [0.1, 0.15) is 0 Å². The van der Waals surface area contributed by atoms with Crippen molar-refractivity contribution in [1.29, 1.82) is 0 Å². The van der Waals surface area contributed by atoms with E-state index in [9.17, 15) is 0 Å². The molecule has 2 rings (SSSR count). The molecule has 1 aliphatic rings. The summed E-state index contributed by atoms with van der Waals surface area (Å²) in [6, 6.07) is 8.96. The molecule has 1 heterocycles. The second-order valence-corrected chi connectivity index (χ2v) is 5.88. The van der Waals surface area contributed by atoms with Crippen LogP contribution in [0.3, 0.4) is 0 Å². The zero-order chi connectivity index (χ0) is 11.6. The molecule has 1 atom stereocenters. The van der Waals surface area contributed by atoms with Gasteiger partial charge < -0.3 is 5.32 Å². The predicted octanol–water partition coefficient (Wildman–Crippen LogP) is 3.45. The van der Waals surface area contributed by atoms with Crippen LogP contribution in [0.2, 0.25) is 0 Å². The molecule has 1 aliphatic heterocycles. The lowest BCUT2D eigenvalue weighted by Crippen LogP contribution is -2.30. The standard InChI is InChI=1S/C15H23N/c1-15(2,3)14-9-5-4-8-13(14)12-7-6-10-16-11-12/h4-5,8-9,12,16H,6-7,10-11H2,1-3H3/t12-/m0/s1. The van der Waals surface area contributed by atoms with Crippen molar-refractivity contribution in [3.63, 3.8) is 0 Å². The van der Waals surface area contributed by atoms with E-state index in [1.165, 1.54) is 24.9 Å². The summed E-state index contributed by atoms with van der Waals surface area (Å²) in [5, 5.41) is 3.51. The zero-order valence-corrected chi connectivity index (χ0v) is 10.7. The highest BCUT2D eigenvalue weighted by molar-refractivity contribution is 5.36. The smallest absolute Gasteiger partial charge is 0.00202 e. The largest absolute Gasteiger partial charge is 0.316 e. The lowest BCUT2D eigenvalue weighted by atomic mass is 9.78. The number of piperidine rings is 1. The maximum Gasteiger partial charge on any atom is 0.00202 e. The van der Waals surface area contributed by atoms with E-state index < -0.39 is 0 Å². The minimum Gasteiger partial charge on any atom is -0.316 e. The van der Waals surface area contributed by atoms with Crippen molar-refractivity contribution in [2.75, 3.05) is 13.1 Å². The fourth-order valence-electron chi connectivity index (χ4n) is 2.65. The molecule has 0 aromatic heterocycles. The summed E-state index contributed by atoms with van der Waals surface area (Å²) >= 11 is 0. The van der Waals surface area contributed by atoms with Crippen LogP contribution in [0.5, 0.6) is 0 Å². The lowest BCUT2D eigenvalue weighted by molar-refractivity contribution is 0.452. The fraction of sp³-hybridized carbons (Fsp3) is 0.600. The highest BCUT2D eigenvalue weighted by atomic mass is 14.9. The third-order valence-electron chi connectivity index (χ3n) is 3.51. The van der Waals surface area contributed by atoms with Gasteiger partial charge in [0.05, 0.1) is 0 Å². The van der Waals surface area contributed by atoms with Gasteiger partial charge in [-0.25, -0.2) is 0 Å². The minimum atomic E-state index is 0.258. The molecule has 16 heavy (non-hydrogen) atoms. The maximum absolute atomic E-state index is 3.51. The van der Waals surface area contributed by atoms with E-state index in [1.54, 1.807) is 5.56 Å². The normalized spacial score (nSPS) is 22.1. The minimum absolute atomic E-state index is 0.258. The van der Waals surface area contributed by atoms with Crippen LogP contribution in [0.1, 0.15) is 50.7 Å². The SMILES string of the molecule is CC(C)(C)c1ccccc1[C@H]1CCCNC1.